The summed E-state index contributed by atoms with van der Waals surface area (Å²) < 4.78 is 19.3. The highest BCUT2D eigenvalue weighted by Crippen LogP contribution is 2.27. The van der Waals surface area contributed by atoms with E-state index in [0.717, 1.165) is 19.2 Å². The highest BCUT2D eigenvalue weighted by atomic mass is 19.1. The van der Waals surface area contributed by atoms with Crippen molar-refractivity contribution >= 4 is 17.5 Å². The average Bonchev–Trinajstić information content (AvgIpc) is 2.50. The van der Waals surface area contributed by atoms with Crippen molar-refractivity contribution in [3.05, 3.63) is 36.3 Å². The van der Waals surface area contributed by atoms with Crippen LogP contribution in [0.5, 0.6) is 5.75 Å². The molecule has 2 N–H and O–H groups in total. The van der Waals surface area contributed by atoms with E-state index in [1.807, 2.05) is 38.1 Å². The van der Waals surface area contributed by atoms with Crippen molar-refractivity contribution in [1.29, 1.82) is 0 Å². The fraction of sp³-hybridized carbons (Fsp3) is 0.333. The van der Waals surface area contributed by atoms with Crippen LogP contribution in [0, 0.1) is 5.82 Å². The van der Waals surface area contributed by atoms with Gasteiger partial charge in [0.15, 0.2) is 11.6 Å². The molecule has 0 atom stereocenters. The predicted molar refractivity (Wildman–Crippen MR) is 81.7 cm³/mol. The van der Waals surface area contributed by atoms with Crippen LogP contribution in [0.25, 0.3) is 0 Å². The minimum Gasteiger partial charge on any atom is -0.492 e. The lowest BCUT2D eigenvalue weighted by molar-refractivity contribution is 0.342. The van der Waals surface area contributed by atoms with Gasteiger partial charge in [0.1, 0.15) is 5.75 Å². The lowest BCUT2D eigenvalue weighted by Crippen LogP contribution is -2.07. The number of ether oxygens (including phenoxy) is 1. The Bertz CT molecular complexity index is 592. The minimum absolute atomic E-state index is 0.121. The lowest BCUT2D eigenvalue weighted by atomic mass is 10.3. The Balaban J connectivity index is 2.22. The zero-order valence-electron chi connectivity index (χ0n) is 12.2. The Hall–Kier alpha value is -2.37. The number of benzene rings is 1. The smallest absolute Gasteiger partial charge is 0.224 e. The van der Waals surface area contributed by atoms with Crippen LogP contribution in [-0.2, 0) is 0 Å². The van der Waals surface area contributed by atoms with E-state index < -0.39 is 5.82 Å². The molecule has 5 nitrogen and oxygen atoms in total. The first-order chi connectivity index (χ1) is 10.2. The molecule has 0 amide bonds. The molecule has 2 rings (SSSR count). The molecule has 0 aliphatic heterocycles. The fourth-order valence-electron chi connectivity index (χ4n) is 1.76. The summed E-state index contributed by atoms with van der Waals surface area (Å²) in [6, 6.07) is 7.34. The quantitative estimate of drug-likeness (QED) is 0.816. The number of rotatable bonds is 7. The second kappa shape index (κ2) is 7.42. The Labute approximate surface area is 123 Å². The lowest BCUT2D eigenvalue weighted by Gasteiger charge is -2.12. The summed E-state index contributed by atoms with van der Waals surface area (Å²) in [7, 11) is 0. The van der Waals surface area contributed by atoms with Crippen molar-refractivity contribution in [3.8, 4) is 5.75 Å². The molecule has 0 aliphatic rings. The van der Waals surface area contributed by atoms with Crippen molar-refractivity contribution < 1.29 is 9.13 Å². The highest BCUT2D eigenvalue weighted by Gasteiger charge is 2.10. The van der Waals surface area contributed by atoms with Crippen molar-refractivity contribution in [2.24, 2.45) is 0 Å². The van der Waals surface area contributed by atoms with Crippen LogP contribution in [0.4, 0.5) is 21.8 Å². The van der Waals surface area contributed by atoms with Gasteiger partial charge in [-0.05, 0) is 25.5 Å². The second-order valence-electron chi connectivity index (χ2n) is 4.37. The van der Waals surface area contributed by atoms with Gasteiger partial charge in [-0.15, -0.1) is 0 Å². The summed E-state index contributed by atoms with van der Waals surface area (Å²) in [6.45, 7) is 5.21. The summed E-state index contributed by atoms with van der Waals surface area (Å²) in [5.41, 5.74) is 0.665. The molecule has 1 heterocycles. The molecule has 1 aromatic heterocycles. The van der Waals surface area contributed by atoms with Gasteiger partial charge in [0.25, 0.3) is 0 Å². The van der Waals surface area contributed by atoms with Gasteiger partial charge in [0.2, 0.25) is 5.95 Å². The van der Waals surface area contributed by atoms with E-state index in [0.29, 0.717) is 24.0 Å². The molecule has 1 aromatic carbocycles. The number of nitrogens with zero attached hydrogens (tertiary/aromatic N) is 2. The summed E-state index contributed by atoms with van der Waals surface area (Å²) in [4.78, 5) is 8.05. The molecule has 112 valence electrons. The Morgan fingerprint density at radius 2 is 2.05 bits per heavy atom. The molecule has 0 aliphatic carbocycles. The number of para-hydroxylation sites is 2. The van der Waals surface area contributed by atoms with Gasteiger partial charge in [0.05, 0.1) is 18.5 Å². The molecule has 2 aromatic rings. The van der Waals surface area contributed by atoms with Gasteiger partial charge in [0, 0.05) is 6.54 Å². The van der Waals surface area contributed by atoms with E-state index in [1.165, 1.54) is 0 Å². The molecular formula is C15H19FN4O. The van der Waals surface area contributed by atoms with E-state index in [-0.39, 0.29) is 5.82 Å². The van der Waals surface area contributed by atoms with E-state index >= 15 is 0 Å². The standard InChI is InChI=1S/C15H19FN4O/c1-3-9-17-15-18-10-11(16)14(20-15)19-12-7-5-6-8-13(12)21-4-2/h5-8,10H,3-4,9H2,1-2H3,(H2,17,18,19,20). The van der Waals surface area contributed by atoms with Crippen molar-refractivity contribution in [2.45, 2.75) is 20.3 Å². The predicted octanol–water partition coefficient (Wildman–Crippen LogP) is 3.58. The molecule has 6 heteroatoms. The summed E-state index contributed by atoms with van der Waals surface area (Å²) >= 11 is 0. The first kappa shape index (κ1) is 15.0. The van der Waals surface area contributed by atoms with E-state index in [9.17, 15) is 4.39 Å². The van der Waals surface area contributed by atoms with Crippen molar-refractivity contribution in [2.75, 3.05) is 23.8 Å². The largest absolute Gasteiger partial charge is 0.492 e. The van der Waals surface area contributed by atoms with Gasteiger partial charge in [-0.2, -0.15) is 4.98 Å². The third-order valence-electron chi connectivity index (χ3n) is 2.72. The Morgan fingerprint density at radius 1 is 1.24 bits per heavy atom. The Kier molecular flexibility index (Phi) is 5.31. The zero-order chi connectivity index (χ0) is 15.1. The van der Waals surface area contributed by atoms with Crippen LogP contribution in [0.1, 0.15) is 20.3 Å². The molecule has 0 fully saturated rings. The minimum atomic E-state index is -0.511. The highest BCUT2D eigenvalue weighted by molar-refractivity contribution is 5.64. The van der Waals surface area contributed by atoms with Crippen LogP contribution in [0.2, 0.25) is 0 Å². The van der Waals surface area contributed by atoms with Crippen LogP contribution in [0.3, 0.4) is 0 Å². The maximum atomic E-state index is 13.8. The molecule has 0 saturated carbocycles. The molecule has 0 bridgehead atoms. The maximum Gasteiger partial charge on any atom is 0.224 e. The number of hydrogen-bond donors (Lipinski definition) is 2. The van der Waals surface area contributed by atoms with Crippen LogP contribution >= 0.6 is 0 Å². The van der Waals surface area contributed by atoms with Crippen LogP contribution < -0.4 is 15.4 Å². The molecular weight excluding hydrogens is 271 g/mol. The van der Waals surface area contributed by atoms with E-state index in [1.54, 1.807) is 0 Å². The summed E-state index contributed by atoms with van der Waals surface area (Å²) in [5, 5.41) is 5.98. The van der Waals surface area contributed by atoms with Crippen LogP contribution in [0.15, 0.2) is 30.5 Å². The summed E-state index contributed by atoms with van der Waals surface area (Å²) in [6.07, 6.45) is 2.09. The SMILES string of the molecule is CCCNc1ncc(F)c(Nc2ccccc2OCC)n1. The molecule has 0 saturated heterocycles. The van der Waals surface area contributed by atoms with Gasteiger partial charge in [-0.25, -0.2) is 9.37 Å². The topological polar surface area (TPSA) is 59.1 Å². The normalized spacial score (nSPS) is 10.2. The number of nitrogens with one attached hydrogen (secondary N) is 2. The third kappa shape index (κ3) is 4.05. The molecule has 0 unspecified atom stereocenters. The first-order valence-electron chi connectivity index (χ1n) is 6.99. The average molecular weight is 290 g/mol. The van der Waals surface area contributed by atoms with Gasteiger partial charge in [-0.1, -0.05) is 19.1 Å². The van der Waals surface area contributed by atoms with E-state index in [4.69, 9.17) is 4.74 Å². The van der Waals surface area contributed by atoms with Crippen molar-refractivity contribution in [1.82, 2.24) is 9.97 Å². The van der Waals surface area contributed by atoms with E-state index in [2.05, 4.69) is 20.6 Å². The Morgan fingerprint density at radius 3 is 2.81 bits per heavy atom. The molecule has 0 spiro atoms. The molecule has 21 heavy (non-hydrogen) atoms. The molecule has 0 radical (unpaired) electrons. The van der Waals surface area contributed by atoms with Gasteiger partial charge in [-0.3, -0.25) is 0 Å². The number of halogens is 1. The number of hydrogen-bond acceptors (Lipinski definition) is 5. The monoisotopic (exact) mass is 290 g/mol. The fourth-order valence-corrected chi connectivity index (χ4v) is 1.76. The third-order valence-corrected chi connectivity index (χ3v) is 2.72. The summed E-state index contributed by atoms with van der Waals surface area (Å²) in [5.74, 6) is 0.662. The van der Waals surface area contributed by atoms with Gasteiger partial charge >= 0.3 is 0 Å². The zero-order valence-corrected chi connectivity index (χ0v) is 12.2. The number of aromatic nitrogens is 2. The first-order valence-corrected chi connectivity index (χ1v) is 6.99. The van der Waals surface area contributed by atoms with Crippen LogP contribution in [-0.4, -0.2) is 23.1 Å². The van der Waals surface area contributed by atoms with Gasteiger partial charge < -0.3 is 15.4 Å². The van der Waals surface area contributed by atoms with Crippen molar-refractivity contribution in [3.63, 3.8) is 0 Å². The second-order valence-corrected chi connectivity index (χ2v) is 4.37. The maximum absolute atomic E-state index is 13.8. The number of anilines is 3.